The molecule has 1 aliphatic carbocycles. The van der Waals surface area contributed by atoms with Crippen molar-refractivity contribution in [3.05, 3.63) is 0 Å². The number of nitrogens with two attached hydrogens (primary N) is 1. The highest BCUT2D eigenvalue weighted by molar-refractivity contribution is 4.79. The molecule has 0 saturated heterocycles. The molecule has 72 valence electrons. The average Bonchev–Trinajstić information content (AvgIpc) is 1.74. The van der Waals surface area contributed by atoms with E-state index in [4.69, 9.17) is 5.73 Å². The first-order valence-corrected chi connectivity index (χ1v) is 4.95. The number of nitrogens with zero attached hydrogens (tertiary/aromatic N) is 1. The maximum absolute atomic E-state index is 5.93. The van der Waals surface area contributed by atoms with Gasteiger partial charge in [-0.1, -0.05) is 6.42 Å². The third-order valence-corrected chi connectivity index (χ3v) is 2.47. The lowest BCUT2D eigenvalue weighted by atomic mass is 9.85. The summed E-state index contributed by atoms with van der Waals surface area (Å²) in [5.74, 6) is 0.956. The van der Waals surface area contributed by atoms with Gasteiger partial charge in [0.15, 0.2) is 0 Å². The second-order valence-corrected chi connectivity index (χ2v) is 4.98. The molecule has 0 radical (unpaired) electrons. The minimum absolute atomic E-state index is 0.0432. The smallest absolute Gasteiger partial charge is 0.0225 e. The Morgan fingerprint density at radius 3 is 2.33 bits per heavy atom. The third kappa shape index (κ3) is 3.55. The third-order valence-electron chi connectivity index (χ3n) is 2.47. The van der Waals surface area contributed by atoms with Crippen LogP contribution in [0.25, 0.3) is 0 Å². The Labute approximate surface area is 76.1 Å². The molecule has 2 nitrogen and oxygen atoms in total. The zero-order valence-corrected chi connectivity index (χ0v) is 8.64. The molecule has 0 unspecified atom stereocenters. The molecule has 12 heavy (non-hydrogen) atoms. The van der Waals surface area contributed by atoms with Gasteiger partial charge in [-0.15, -0.1) is 0 Å². The molecule has 0 aromatic carbocycles. The average molecular weight is 170 g/mol. The van der Waals surface area contributed by atoms with Crippen LogP contribution in [0.15, 0.2) is 0 Å². The van der Waals surface area contributed by atoms with Crippen LogP contribution in [-0.2, 0) is 0 Å². The lowest BCUT2D eigenvalue weighted by molar-refractivity contribution is 0.183. The van der Waals surface area contributed by atoms with Gasteiger partial charge in [-0.05, 0) is 39.7 Å². The molecule has 0 amide bonds. The molecule has 0 aliphatic heterocycles. The summed E-state index contributed by atoms with van der Waals surface area (Å²) >= 11 is 0. The Hall–Kier alpha value is -0.0800. The highest BCUT2D eigenvalue weighted by Gasteiger charge is 2.21. The molecule has 1 saturated carbocycles. The Balaban J connectivity index is 2.14. The number of hydrogen-bond donors (Lipinski definition) is 1. The summed E-state index contributed by atoms with van der Waals surface area (Å²) in [4.78, 5) is 2.36. The van der Waals surface area contributed by atoms with Crippen LogP contribution in [0, 0.1) is 5.92 Å². The van der Waals surface area contributed by atoms with E-state index in [1.807, 2.05) is 0 Å². The summed E-state index contributed by atoms with van der Waals surface area (Å²) < 4.78 is 0. The molecular formula is C10H22N2. The maximum atomic E-state index is 5.93. The van der Waals surface area contributed by atoms with Crippen molar-refractivity contribution in [1.82, 2.24) is 4.90 Å². The van der Waals surface area contributed by atoms with Gasteiger partial charge in [0.05, 0.1) is 0 Å². The first-order chi connectivity index (χ1) is 5.47. The van der Waals surface area contributed by atoms with Gasteiger partial charge in [-0.3, -0.25) is 0 Å². The van der Waals surface area contributed by atoms with Crippen LogP contribution in [-0.4, -0.2) is 30.6 Å². The molecule has 1 aliphatic rings. The fraction of sp³-hybridized carbons (Fsp3) is 1.00. The molecule has 0 aromatic heterocycles. The van der Waals surface area contributed by atoms with Crippen molar-refractivity contribution < 1.29 is 0 Å². The first-order valence-electron chi connectivity index (χ1n) is 4.95. The fourth-order valence-electron chi connectivity index (χ4n) is 1.88. The van der Waals surface area contributed by atoms with Crippen LogP contribution >= 0.6 is 0 Å². The van der Waals surface area contributed by atoms with Crippen LogP contribution in [0.3, 0.4) is 0 Å². The summed E-state index contributed by atoms with van der Waals surface area (Å²) in [5.41, 5.74) is 5.89. The molecule has 0 atom stereocenters. The van der Waals surface area contributed by atoms with Gasteiger partial charge in [0.2, 0.25) is 0 Å². The standard InChI is InChI=1S/C10H22N2/c1-10(2,11)8-12(3)7-9-5-4-6-9/h9H,4-8,11H2,1-3H3. The van der Waals surface area contributed by atoms with E-state index in [1.165, 1.54) is 25.8 Å². The van der Waals surface area contributed by atoms with Gasteiger partial charge in [-0.2, -0.15) is 0 Å². The molecule has 1 fully saturated rings. The van der Waals surface area contributed by atoms with E-state index < -0.39 is 0 Å². The van der Waals surface area contributed by atoms with E-state index in [1.54, 1.807) is 0 Å². The van der Waals surface area contributed by atoms with Crippen LogP contribution in [0.5, 0.6) is 0 Å². The SMILES string of the molecule is CN(CC1CCC1)CC(C)(C)N. The van der Waals surface area contributed by atoms with Gasteiger partial charge in [-0.25, -0.2) is 0 Å². The van der Waals surface area contributed by atoms with Gasteiger partial charge < -0.3 is 10.6 Å². The van der Waals surface area contributed by atoms with Crippen molar-refractivity contribution >= 4 is 0 Å². The molecular weight excluding hydrogens is 148 g/mol. The van der Waals surface area contributed by atoms with Crippen LogP contribution in [0.2, 0.25) is 0 Å². The second kappa shape index (κ2) is 3.75. The normalized spacial score (nSPS) is 19.8. The summed E-state index contributed by atoms with van der Waals surface area (Å²) in [6, 6.07) is 0. The lowest BCUT2D eigenvalue weighted by Crippen LogP contribution is -2.45. The molecule has 1 rings (SSSR count). The van der Waals surface area contributed by atoms with Crippen LogP contribution in [0.4, 0.5) is 0 Å². The molecule has 2 heteroatoms. The van der Waals surface area contributed by atoms with Crippen molar-refractivity contribution in [3.63, 3.8) is 0 Å². The quantitative estimate of drug-likeness (QED) is 0.692. The molecule has 0 spiro atoms. The Morgan fingerprint density at radius 1 is 1.42 bits per heavy atom. The summed E-state index contributed by atoms with van der Waals surface area (Å²) in [5, 5.41) is 0. The summed E-state index contributed by atoms with van der Waals surface area (Å²) in [6.07, 6.45) is 4.29. The summed E-state index contributed by atoms with van der Waals surface area (Å²) in [6.45, 7) is 6.42. The van der Waals surface area contributed by atoms with E-state index in [-0.39, 0.29) is 5.54 Å². The fourth-order valence-corrected chi connectivity index (χ4v) is 1.88. The van der Waals surface area contributed by atoms with E-state index in [0.717, 1.165) is 12.5 Å². The maximum Gasteiger partial charge on any atom is 0.0225 e. The molecule has 0 bridgehead atoms. The lowest BCUT2D eigenvalue weighted by Gasteiger charge is -2.33. The minimum Gasteiger partial charge on any atom is -0.324 e. The van der Waals surface area contributed by atoms with Gasteiger partial charge in [0, 0.05) is 18.6 Å². The Kier molecular flexibility index (Phi) is 3.13. The van der Waals surface area contributed by atoms with Crippen molar-refractivity contribution in [1.29, 1.82) is 0 Å². The van der Waals surface area contributed by atoms with E-state index in [2.05, 4.69) is 25.8 Å². The molecule has 2 N–H and O–H groups in total. The van der Waals surface area contributed by atoms with Gasteiger partial charge in [0.1, 0.15) is 0 Å². The highest BCUT2D eigenvalue weighted by Crippen LogP contribution is 2.26. The van der Waals surface area contributed by atoms with Gasteiger partial charge in [0.25, 0.3) is 0 Å². The van der Waals surface area contributed by atoms with E-state index in [9.17, 15) is 0 Å². The zero-order valence-electron chi connectivity index (χ0n) is 8.64. The summed E-state index contributed by atoms with van der Waals surface area (Å²) in [7, 11) is 2.17. The topological polar surface area (TPSA) is 29.3 Å². The second-order valence-electron chi connectivity index (χ2n) is 4.98. The Bertz CT molecular complexity index is 133. The van der Waals surface area contributed by atoms with E-state index in [0.29, 0.717) is 0 Å². The van der Waals surface area contributed by atoms with Gasteiger partial charge >= 0.3 is 0 Å². The first kappa shape index (κ1) is 10.0. The monoisotopic (exact) mass is 170 g/mol. The predicted octanol–water partition coefficient (Wildman–Crippen LogP) is 1.46. The molecule has 0 aromatic rings. The van der Waals surface area contributed by atoms with Crippen molar-refractivity contribution in [2.75, 3.05) is 20.1 Å². The van der Waals surface area contributed by atoms with Crippen LogP contribution < -0.4 is 5.73 Å². The largest absolute Gasteiger partial charge is 0.324 e. The van der Waals surface area contributed by atoms with Crippen molar-refractivity contribution in [2.45, 2.75) is 38.6 Å². The van der Waals surface area contributed by atoms with Crippen molar-refractivity contribution in [2.24, 2.45) is 11.7 Å². The Morgan fingerprint density at radius 2 is 2.00 bits per heavy atom. The zero-order chi connectivity index (χ0) is 9.19. The van der Waals surface area contributed by atoms with E-state index >= 15 is 0 Å². The van der Waals surface area contributed by atoms with Crippen molar-refractivity contribution in [3.8, 4) is 0 Å². The number of likely N-dealkylation sites (N-methyl/N-ethyl adjacent to an activating group) is 1. The number of rotatable bonds is 4. The van der Waals surface area contributed by atoms with Crippen LogP contribution in [0.1, 0.15) is 33.1 Å². The molecule has 0 heterocycles. The number of hydrogen-bond acceptors (Lipinski definition) is 2. The predicted molar refractivity (Wildman–Crippen MR) is 53.1 cm³/mol. The minimum atomic E-state index is -0.0432. The highest BCUT2D eigenvalue weighted by atomic mass is 15.1.